The van der Waals surface area contributed by atoms with Crippen molar-refractivity contribution in [2.24, 2.45) is 11.3 Å². The van der Waals surface area contributed by atoms with Crippen LogP contribution in [0.3, 0.4) is 0 Å². The Morgan fingerprint density at radius 3 is 1.47 bits per heavy atom. The van der Waals surface area contributed by atoms with Gasteiger partial charge < -0.3 is 0 Å². The first-order valence-electron chi connectivity index (χ1n) is 7.14. The molecule has 0 bridgehead atoms. The van der Waals surface area contributed by atoms with Crippen LogP contribution in [-0.4, -0.2) is 0 Å². The van der Waals surface area contributed by atoms with E-state index in [1.165, 1.54) is 51.4 Å². The molecule has 0 heteroatoms. The quantitative estimate of drug-likeness (QED) is 0.452. The zero-order valence-corrected chi connectivity index (χ0v) is 11.7. The molecule has 15 heavy (non-hydrogen) atoms. The van der Waals surface area contributed by atoms with Gasteiger partial charge >= 0.3 is 0 Å². The molecule has 0 aromatic heterocycles. The molecule has 0 N–H and O–H groups in total. The van der Waals surface area contributed by atoms with Gasteiger partial charge in [-0.25, -0.2) is 0 Å². The van der Waals surface area contributed by atoms with Crippen LogP contribution < -0.4 is 0 Å². The predicted octanol–water partition coefficient (Wildman–Crippen LogP) is 5.81. The Labute approximate surface area is 97.8 Å². The largest absolute Gasteiger partial charge is 0.0654 e. The average molecular weight is 212 g/mol. The summed E-state index contributed by atoms with van der Waals surface area (Å²) in [5.74, 6) is 0.965. The second kappa shape index (κ2) is 8.19. The summed E-state index contributed by atoms with van der Waals surface area (Å²) in [5.41, 5.74) is 0.602. The topological polar surface area (TPSA) is 0 Å². The van der Waals surface area contributed by atoms with Crippen molar-refractivity contribution in [1.29, 1.82) is 0 Å². The van der Waals surface area contributed by atoms with Crippen molar-refractivity contribution in [1.82, 2.24) is 0 Å². The summed E-state index contributed by atoms with van der Waals surface area (Å²) in [5, 5.41) is 0. The number of rotatable bonds is 9. The second-order valence-corrected chi connectivity index (χ2v) is 5.34. The van der Waals surface area contributed by atoms with Gasteiger partial charge in [0.15, 0.2) is 0 Å². The summed E-state index contributed by atoms with van der Waals surface area (Å²) in [4.78, 5) is 0. The zero-order chi connectivity index (χ0) is 11.7. The fraction of sp³-hybridized carbons (Fsp3) is 1.00. The highest BCUT2D eigenvalue weighted by Gasteiger charge is 2.29. The third kappa shape index (κ3) is 5.04. The molecule has 0 atom stereocenters. The SMILES string of the molecule is CCCCC(CCCC)C(C)(CC)CC. The zero-order valence-electron chi connectivity index (χ0n) is 11.7. The molecule has 0 aliphatic rings. The van der Waals surface area contributed by atoms with Gasteiger partial charge in [0, 0.05) is 0 Å². The molecule has 0 aromatic rings. The molecular formula is C15H32. The van der Waals surface area contributed by atoms with Gasteiger partial charge in [0.1, 0.15) is 0 Å². The van der Waals surface area contributed by atoms with Crippen molar-refractivity contribution >= 4 is 0 Å². The number of hydrogen-bond donors (Lipinski definition) is 0. The molecule has 0 aliphatic carbocycles. The van der Waals surface area contributed by atoms with E-state index < -0.39 is 0 Å². The predicted molar refractivity (Wildman–Crippen MR) is 71.2 cm³/mol. The standard InChI is InChI=1S/C15H32/c1-6-10-12-14(13-11-7-2)15(5,8-3)9-4/h14H,6-13H2,1-5H3. The normalized spacial score (nSPS) is 12.4. The maximum Gasteiger partial charge on any atom is -0.0303 e. The van der Waals surface area contributed by atoms with Crippen molar-refractivity contribution in [3.63, 3.8) is 0 Å². The fourth-order valence-electron chi connectivity index (χ4n) is 2.57. The Morgan fingerprint density at radius 2 is 1.20 bits per heavy atom. The van der Waals surface area contributed by atoms with E-state index in [4.69, 9.17) is 0 Å². The van der Waals surface area contributed by atoms with Crippen molar-refractivity contribution in [2.75, 3.05) is 0 Å². The van der Waals surface area contributed by atoms with Gasteiger partial charge in [-0.1, -0.05) is 73.1 Å². The Hall–Kier alpha value is 0. The van der Waals surface area contributed by atoms with E-state index in [0.29, 0.717) is 5.41 Å². The van der Waals surface area contributed by atoms with Gasteiger partial charge in [0.25, 0.3) is 0 Å². The Morgan fingerprint density at radius 1 is 0.800 bits per heavy atom. The summed E-state index contributed by atoms with van der Waals surface area (Å²) in [7, 11) is 0. The molecular weight excluding hydrogens is 180 g/mol. The molecule has 0 rings (SSSR count). The highest BCUT2D eigenvalue weighted by molar-refractivity contribution is 4.80. The molecule has 0 aromatic carbocycles. The van der Waals surface area contributed by atoms with E-state index in [2.05, 4.69) is 34.6 Å². The molecule has 0 saturated heterocycles. The summed E-state index contributed by atoms with van der Waals surface area (Å²) in [6, 6.07) is 0. The molecule has 0 spiro atoms. The monoisotopic (exact) mass is 212 g/mol. The third-order valence-electron chi connectivity index (χ3n) is 4.41. The van der Waals surface area contributed by atoms with Gasteiger partial charge in [-0.15, -0.1) is 0 Å². The fourth-order valence-corrected chi connectivity index (χ4v) is 2.57. The summed E-state index contributed by atoms with van der Waals surface area (Å²) >= 11 is 0. The van der Waals surface area contributed by atoms with Crippen LogP contribution in [0.15, 0.2) is 0 Å². The average Bonchev–Trinajstić information content (AvgIpc) is 2.28. The first-order valence-corrected chi connectivity index (χ1v) is 7.14. The van der Waals surface area contributed by atoms with Gasteiger partial charge in [0.2, 0.25) is 0 Å². The minimum Gasteiger partial charge on any atom is -0.0654 e. The van der Waals surface area contributed by atoms with Gasteiger partial charge in [-0.05, 0) is 24.2 Å². The van der Waals surface area contributed by atoms with E-state index >= 15 is 0 Å². The molecule has 92 valence electrons. The van der Waals surface area contributed by atoms with Crippen LogP contribution in [-0.2, 0) is 0 Å². The van der Waals surface area contributed by atoms with Crippen LogP contribution >= 0.6 is 0 Å². The molecule has 0 aliphatic heterocycles. The van der Waals surface area contributed by atoms with E-state index in [-0.39, 0.29) is 0 Å². The molecule has 0 radical (unpaired) electrons. The smallest absolute Gasteiger partial charge is 0.0303 e. The van der Waals surface area contributed by atoms with Gasteiger partial charge in [-0.3, -0.25) is 0 Å². The Kier molecular flexibility index (Phi) is 8.19. The lowest BCUT2D eigenvalue weighted by Gasteiger charge is -2.37. The lowest BCUT2D eigenvalue weighted by atomic mass is 9.69. The number of hydrogen-bond acceptors (Lipinski definition) is 0. The third-order valence-corrected chi connectivity index (χ3v) is 4.41. The summed E-state index contributed by atoms with van der Waals surface area (Å²) < 4.78 is 0. The molecule has 0 nitrogen and oxygen atoms in total. The van der Waals surface area contributed by atoms with Crippen LogP contribution in [0.5, 0.6) is 0 Å². The lowest BCUT2D eigenvalue weighted by molar-refractivity contribution is 0.142. The van der Waals surface area contributed by atoms with Crippen molar-refractivity contribution in [3.05, 3.63) is 0 Å². The van der Waals surface area contributed by atoms with E-state index in [9.17, 15) is 0 Å². The number of unbranched alkanes of at least 4 members (excludes halogenated alkanes) is 2. The van der Waals surface area contributed by atoms with Gasteiger partial charge in [-0.2, -0.15) is 0 Å². The highest BCUT2D eigenvalue weighted by Crippen LogP contribution is 2.40. The molecule has 0 amide bonds. The Balaban J connectivity index is 4.29. The minimum absolute atomic E-state index is 0.602. The Bertz CT molecular complexity index is 125. The van der Waals surface area contributed by atoms with Crippen molar-refractivity contribution in [2.45, 2.75) is 86.0 Å². The van der Waals surface area contributed by atoms with Crippen LogP contribution in [0.4, 0.5) is 0 Å². The molecule has 0 saturated carbocycles. The van der Waals surface area contributed by atoms with Crippen LogP contribution in [0.1, 0.15) is 86.0 Å². The van der Waals surface area contributed by atoms with Crippen molar-refractivity contribution in [3.8, 4) is 0 Å². The van der Waals surface area contributed by atoms with Crippen LogP contribution in [0.25, 0.3) is 0 Å². The summed E-state index contributed by atoms with van der Waals surface area (Å²) in [6.07, 6.45) is 11.2. The van der Waals surface area contributed by atoms with Gasteiger partial charge in [0.05, 0.1) is 0 Å². The van der Waals surface area contributed by atoms with E-state index in [1.54, 1.807) is 0 Å². The lowest BCUT2D eigenvalue weighted by Crippen LogP contribution is -2.26. The molecule has 0 heterocycles. The maximum absolute atomic E-state index is 2.50. The minimum atomic E-state index is 0.602. The van der Waals surface area contributed by atoms with Crippen molar-refractivity contribution < 1.29 is 0 Å². The highest BCUT2D eigenvalue weighted by atomic mass is 14.3. The maximum atomic E-state index is 2.50. The summed E-state index contributed by atoms with van der Waals surface area (Å²) in [6.45, 7) is 11.9. The first-order chi connectivity index (χ1) is 7.14. The van der Waals surface area contributed by atoms with E-state index in [0.717, 1.165) is 5.92 Å². The van der Waals surface area contributed by atoms with E-state index in [1.807, 2.05) is 0 Å². The first kappa shape index (κ1) is 15.0. The molecule has 0 fully saturated rings. The second-order valence-electron chi connectivity index (χ2n) is 5.34. The van der Waals surface area contributed by atoms with Crippen LogP contribution in [0.2, 0.25) is 0 Å². The molecule has 0 unspecified atom stereocenters. The van der Waals surface area contributed by atoms with Crippen LogP contribution in [0, 0.1) is 11.3 Å².